The highest BCUT2D eigenvalue weighted by Gasteiger charge is 2.09. The molecule has 0 aliphatic carbocycles. The molecular formula is C16H11ClN2O4. The van der Waals surface area contributed by atoms with Crippen molar-refractivity contribution in [2.45, 2.75) is 0 Å². The Labute approximate surface area is 136 Å². The van der Waals surface area contributed by atoms with E-state index in [1.165, 1.54) is 30.5 Å². The van der Waals surface area contributed by atoms with E-state index < -0.39 is 18.5 Å². The van der Waals surface area contributed by atoms with Crippen molar-refractivity contribution in [3.63, 3.8) is 0 Å². The zero-order chi connectivity index (χ0) is 16.7. The molecule has 2 aromatic rings. The van der Waals surface area contributed by atoms with E-state index in [4.69, 9.17) is 26.0 Å². The van der Waals surface area contributed by atoms with Gasteiger partial charge in [-0.05, 0) is 36.4 Å². The van der Waals surface area contributed by atoms with Crippen LogP contribution in [0.3, 0.4) is 0 Å². The maximum atomic E-state index is 11.7. The summed E-state index contributed by atoms with van der Waals surface area (Å²) >= 11 is 5.81. The number of anilines is 1. The molecule has 0 spiro atoms. The minimum Gasteiger partial charge on any atom is -0.465 e. The number of amides is 1. The lowest BCUT2D eigenvalue weighted by Crippen LogP contribution is -2.20. The van der Waals surface area contributed by atoms with E-state index in [1.54, 1.807) is 12.1 Å². The number of ether oxygens (including phenoxy) is 1. The number of nitrogens with zero attached hydrogens (tertiary/aromatic N) is 1. The van der Waals surface area contributed by atoms with Gasteiger partial charge in [-0.15, -0.1) is 0 Å². The lowest BCUT2D eigenvalue weighted by atomic mass is 10.2. The Morgan fingerprint density at radius 1 is 1.39 bits per heavy atom. The van der Waals surface area contributed by atoms with Gasteiger partial charge in [0.2, 0.25) is 0 Å². The second-order valence-electron chi connectivity index (χ2n) is 4.31. The molecule has 0 bridgehead atoms. The molecule has 23 heavy (non-hydrogen) atoms. The third-order valence-corrected chi connectivity index (χ3v) is 2.88. The molecule has 0 atom stereocenters. The quantitative estimate of drug-likeness (QED) is 0.672. The first kappa shape index (κ1) is 16.3. The van der Waals surface area contributed by atoms with Gasteiger partial charge in [0, 0.05) is 11.1 Å². The minimum atomic E-state index is -0.692. The van der Waals surface area contributed by atoms with Crippen molar-refractivity contribution >= 4 is 35.2 Å². The molecule has 0 radical (unpaired) electrons. The average molecular weight is 331 g/mol. The average Bonchev–Trinajstić information content (AvgIpc) is 3.04. The maximum Gasteiger partial charge on any atom is 0.331 e. The first-order chi connectivity index (χ1) is 11.1. The van der Waals surface area contributed by atoms with Gasteiger partial charge < -0.3 is 14.5 Å². The number of carbonyl (C=O) groups excluding carboxylic acids is 2. The Hall–Kier alpha value is -3.04. The highest BCUT2D eigenvalue weighted by molar-refractivity contribution is 6.31. The molecule has 6 nitrogen and oxygen atoms in total. The highest BCUT2D eigenvalue weighted by atomic mass is 35.5. The van der Waals surface area contributed by atoms with Gasteiger partial charge in [0.25, 0.3) is 5.91 Å². The number of halogens is 1. The number of furan rings is 1. The molecular weight excluding hydrogens is 320 g/mol. The highest BCUT2D eigenvalue weighted by Crippen LogP contribution is 2.20. The smallest absolute Gasteiger partial charge is 0.331 e. The van der Waals surface area contributed by atoms with Crippen LogP contribution in [0.25, 0.3) is 6.08 Å². The van der Waals surface area contributed by atoms with Crippen molar-refractivity contribution in [2.24, 2.45) is 0 Å². The van der Waals surface area contributed by atoms with Crippen LogP contribution in [0.1, 0.15) is 11.3 Å². The molecule has 1 aromatic heterocycles. The SMILES string of the molecule is N#Cc1ccc(Cl)cc1NC(=O)COC(=O)/C=C/c1ccco1. The largest absolute Gasteiger partial charge is 0.465 e. The zero-order valence-corrected chi connectivity index (χ0v) is 12.5. The Kier molecular flexibility index (Phi) is 5.56. The third kappa shape index (κ3) is 5.02. The van der Waals surface area contributed by atoms with Gasteiger partial charge in [0.05, 0.1) is 17.5 Å². The number of nitrogens with one attached hydrogen (secondary N) is 1. The van der Waals surface area contributed by atoms with Gasteiger partial charge in [-0.3, -0.25) is 4.79 Å². The molecule has 0 saturated heterocycles. The zero-order valence-electron chi connectivity index (χ0n) is 11.8. The van der Waals surface area contributed by atoms with Crippen molar-refractivity contribution in [2.75, 3.05) is 11.9 Å². The molecule has 0 aliphatic heterocycles. The fraction of sp³-hybridized carbons (Fsp3) is 0.0625. The molecule has 1 aromatic carbocycles. The summed E-state index contributed by atoms with van der Waals surface area (Å²) in [6.45, 7) is -0.487. The topological polar surface area (TPSA) is 92.3 Å². The van der Waals surface area contributed by atoms with Crippen LogP contribution in [-0.2, 0) is 14.3 Å². The number of rotatable bonds is 5. The summed E-state index contributed by atoms with van der Waals surface area (Å²) in [5.74, 6) is -0.782. The van der Waals surface area contributed by atoms with Gasteiger partial charge in [-0.1, -0.05) is 11.6 Å². The van der Waals surface area contributed by atoms with Crippen molar-refractivity contribution in [1.29, 1.82) is 5.26 Å². The molecule has 1 N–H and O–H groups in total. The van der Waals surface area contributed by atoms with E-state index in [-0.39, 0.29) is 11.3 Å². The maximum absolute atomic E-state index is 11.7. The van der Waals surface area contributed by atoms with Crippen molar-refractivity contribution in [3.05, 3.63) is 59.0 Å². The number of hydrogen-bond acceptors (Lipinski definition) is 5. The van der Waals surface area contributed by atoms with Gasteiger partial charge in [0.1, 0.15) is 11.8 Å². The van der Waals surface area contributed by atoms with E-state index in [0.717, 1.165) is 6.08 Å². The van der Waals surface area contributed by atoms with Gasteiger partial charge >= 0.3 is 5.97 Å². The third-order valence-electron chi connectivity index (χ3n) is 2.65. The Morgan fingerprint density at radius 2 is 2.22 bits per heavy atom. The van der Waals surface area contributed by atoms with E-state index in [9.17, 15) is 9.59 Å². The minimum absolute atomic E-state index is 0.256. The molecule has 7 heteroatoms. The van der Waals surface area contributed by atoms with E-state index in [1.807, 2.05) is 6.07 Å². The summed E-state index contributed by atoms with van der Waals surface area (Å²) < 4.78 is 9.79. The predicted octanol–water partition coefficient (Wildman–Crippen LogP) is 3.00. The van der Waals surface area contributed by atoms with Gasteiger partial charge in [-0.2, -0.15) is 5.26 Å². The normalized spacial score (nSPS) is 10.3. The summed E-state index contributed by atoms with van der Waals surface area (Å²) in [7, 11) is 0. The fourth-order valence-corrected chi connectivity index (χ4v) is 1.80. The molecule has 2 rings (SSSR count). The van der Waals surface area contributed by atoms with Crippen molar-refractivity contribution in [1.82, 2.24) is 0 Å². The van der Waals surface area contributed by atoms with E-state index in [0.29, 0.717) is 10.8 Å². The number of benzene rings is 1. The lowest BCUT2D eigenvalue weighted by Gasteiger charge is -2.07. The molecule has 0 fully saturated rings. The van der Waals surface area contributed by atoms with Crippen LogP contribution >= 0.6 is 11.6 Å². The van der Waals surface area contributed by atoms with Crippen molar-refractivity contribution in [3.8, 4) is 6.07 Å². The monoisotopic (exact) mass is 330 g/mol. The Bertz CT molecular complexity index is 776. The number of hydrogen-bond donors (Lipinski definition) is 1. The first-order valence-corrected chi connectivity index (χ1v) is 6.84. The van der Waals surface area contributed by atoms with Crippen LogP contribution in [-0.4, -0.2) is 18.5 Å². The van der Waals surface area contributed by atoms with Crippen molar-refractivity contribution < 1.29 is 18.7 Å². The number of nitriles is 1. The summed E-state index contributed by atoms with van der Waals surface area (Å²) in [4.78, 5) is 23.2. The second-order valence-corrected chi connectivity index (χ2v) is 4.74. The molecule has 0 aliphatic rings. The van der Waals surface area contributed by atoms with Gasteiger partial charge in [-0.25, -0.2) is 4.79 Å². The van der Waals surface area contributed by atoms with E-state index in [2.05, 4.69) is 5.32 Å². The summed E-state index contributed by atoms with van der Waals surface area (Å²) in [5, 5.41) is 11.8. The molecule has 1 heterocycles. The second kappa shape index (κ2) is 7.82. The molecule has 0 saturated carbocycles. The molecule has 0 unspecified atom stereocenters. The summed E-state index contributed by atoms with van der Waals surface area (Å²) in [5.41, 5.74) is 0.513. The van der Waals surface area contributed by atoms with Crippen LogP contribution in [0, 0.1) is 11.3 Å². The van der Waals surface area contributed by atoms with Gasteiger partial charge in [0.15, 0.2) is 6.61 Å². The predicted molar refractivity (Wildman–Crippen MR) is 83.5 cm³/mol. The van der Waals surface area contributed by atoms with Crippen LogP contribution < -0.4 is 5.32 Å². The van der Waals surface area contributed by atoms with E-state index >= 15 is 0 Å². The standard InChI is InChI=1S/C16H11ClN2O4/c17-12-4-3-11(9-18)14(8-12)19-15(20)10-23-16(21)6-5-13-2-1-7-22-13/h1-8H,10H2,(H,19,20)/b6-5+. The Morgan fingerprint density at radius 3 is 2.91 bits per heavy atom. The summed E-state index contributed by atoms with van der Waals surface area (Å²) in [6.07, 6.45) is 4.04. The van der Waals surface area contributed by atoms with Crippen LogP contribution in [0.15, 0.2) is 47.1 Å². The van der Waals surface area contributed by atoms with Crippen LogP contribution in [0.2, 0.25) is 5.02 Å². The van der Waals surface area contributed by atoms with Crippen LogP contribution in [0.5, 0.6) is 0 Å². The Balaban J connectivity index is 1.87. The fourth-order valence-electron chi connectivity index (χ4n) is 1.62. The lowest BCUT2D eigenvalue weighted by molar-refractivity contribution is -0.142. The molecule has 116 valence electrons. The number of esters is 1. The summed E-state index contributed by atoms with van der Waals surface area (Å²) in [6, 6.07) is 9.73. The number of carbonyl (C=O) groups is 2. The molecule has 1 amide bonds. The first-order valence-electron chi connectivity index (χ1n) is 6.46. The van der Waals surface area contributed by atoms with Crippen LogP contribution in [0.4, 0.5) is 5.69 Å².